The molecule has 1 aromatic carbocycles. The number of hydrogen-bond acceptors (Lipinski definition) is 5. The standard InChI is InChI=1S/C19H29N5O3/c1-12(2)17(20)19(27)22-11-16(25)23-14-5-3-4-6-15(14)24-9-7-13(8-10-24)18(21)26/h3-6,12-13,17H,7-11,20H2,1-2H3,(H2,21,26)(H,22,27)(H,23,25)/t17-/m0/s1. The number of piperidine rings is 1. The van der Waals surface area contributed by atoms with Crippen molar-refractivity contribution in [2.75, 3.05) is 29.9 Å². The Bertz CT molecular complexity index is 684. The summed E-state index contributed by atoms with van der Waals surface area (Å²) in [7, 11) is 0. The Morgan fingerprint density at radius 2 is 1.81 bits per heavy atom. The van der Waals surface area contributed by atoms with Crippen LogP contribution in [0, 0.1) is 11.8 Å². The Hall–Kier alpha value is -2.61. The normalized spacial score (nSPS) is 16.1. The average molecular weight is 375 g/mol. The van der Waals surface area contributed by atoms with E-state index in [9.17, 15) is 14.4 Å². The first-order chi connectivity index (χ1) is 12.8. The van der Waals surface area contributed by atoms with Crippen molar-refractivity contribution in [1.29, 1.82) is 0 Å². The first kappa shape index (κ1) is 20.7. The van der Waals surface area contributed by atoms with Crippen LogP contribution in [0.4, 0.5) is 11.4 Å². The molecule has 0 radical (unpaired) electrons. The number of nitrogens with one attached hydrogen (secondary N) is 2. The summed E-state index contributed by atoms with van der Waals surface area (Å²) >= 11 is 0. The molecule has 0 aromatic heterocycles. The van der Waals surface area contributed by atoms with Crippen LogP contribution in [0.25, 0.3) is 0 Å². The Labute approximate surface area is 159 Å². The Morgan fingerprint density at radius 1 is 1.19 bits per heavy atom. The Balaban J connectivity index is 1.95. The van der Waals surface area contributed by atoms with Crippen LogP contribution in [0.3, 0.4) is 0 Å². The number of amides is 3. The molecule has 8 heteroatoms. The molecule has 3 amide bonds. The van der Waals surface area contributed by atoms with Gasteiger partial charge in [0.05, 0.1) is 24.0 Å². The van der Waals surface area contributed by atoms with Crippen molar-refractivity contribution in [3.63, 3.8) is 0 Å². The minimum absolute atomic E-state index is 0.00267. The number of nitrogens with zero attached hydrogens (tertiary/aromatic N) is 1. The van der Waals surface area contributed by atoms with Gasteiger partial charge >= 0.3 is 0 Å². The van der Waals surface area contributed by atoms with E-state index in [0.29, 0.717) is 31.6 Å². The van der Waals surface area contributed by atoms with Crippen LogP contribution in [-0.2, 0) is 14.4 Å². The molecular formula is C19H29N5O3. The molecular weight excluding hydrogens is 346 g/mol. The van der Waals surface area contributed by atoms with Crippen molar-refractivity contribution in [2.45, 2.75) is 32.7 Å². The highest BCUT2D eigenvalue weighted by Crippen LogP contribution is 2.29. The van der Waals surface area contributed by atoms with Gasteiger partial charge in [-0.2, -0.15) is 0 Å². The summed E-state index contributed by atoms with van der Waals surface area (Å²) in [5.74, 6) is -1.02. The van der Waals surface area contributed by atoms with E-state index in [2.05, 4.69) is 15.5 Å². The lowest BCUT2D eigenvalue weighted by molar-refractivity contribution is -0.125. The number of rotatable bonds is 7. The van der Waals surface area contributed by atoms with Crippen molar-refractivity contribution >= 4 is 29.1 Å². The second-order valence-electron chi connectivity index (χ2n) is 7.22. The molecule has 0 bridgehead atoms. The predicted octanol–water partition coefficient (Wildman–Crippen LogP) is 0.426. The van der Waals surface area contributed by atoms with Gasteiger partial charge in [0.25, 0.3) is 0 Å². The maximum Gasteiger partial charge on any atom is 0.243 e. The second-order valence-corrected chi connectivity index (χ2v) is 7.22. The van der Waals surface area contributed by atoms with E-state index in [-0.39, 0.29) is 36.1 Å². The maximum atomic E-state index is 12.2. The van der Waals surface area contributed by atoms with E-state index in [0.717, 1.165) is 5.69 Å². The zero-order chi connectivity index (χ0) is 20.0. The van der Waals surface area contributed by atoms with Gasteiger partial charge in [0.15, 0.2) is 0 Å². The van der Waals surface area contributed by atoms with Crippen LogP contribution in [0.2, 0.25) is 0 Å². The van der Waals surface area contributed by atoms with E-state index < -0.39 is 6.04 Å². The van der Waals surface area contributed by atoms with Gasteiger partial charge in [-0.1, -0.05) is 26.0 Å². The summed E-state index contributed by atoms with van der Waals surface area (Å²) in [6, 6.07) is 6.83. The molecule has 1 saturated heterocycles. The van der Waals surface area contributed by atoms with E-state index in [1.807, 2.05) is 38.1 Å². The fourth-order valence-corrected chi connectivity index (χ4v) is 3.04. The quantitative estimate of drug-likeness (QED) is 0.549. The lowest BCUT2D eigenvalue weighted by Crippen LogP contribution is -2.46. The summed E-state index contributed by atoms with van der Waals surface area (Å²) in [5, 5.41) is 5.40. The highest BCUT2D eigenvalue weighted by molar-refractivity contribution is 5.97. The highest BCUT2D eigenvalue weighted by Gasteiger charge is 2.24. The van der Waals surface area contributed by atoms with Crippen LogP contribution in [0.15, 0.2) is 24.3 Å². The van der Waals surface area contributed by atoms with Crippen molar-refractivity contribution in [3.05, 3.63) is 24.3 Å². The van der Waals surface area contributed by atoms with Gasteiger partial charge in [0.1, 0.15) is 0 Å². The molecule has 1 fully saturated rings. The van der Waals surface area contributed by atoms with E-state index in [4.69, 9.17) is 11.5 Å². The molecule has 0 saturated carbocycles. The summed E-state index contributed by atoms with van der Waals surface area (Å²) in [4.78, 5) is 37.6. The molecule has 1 aliphatic rings. The second kappa shape index (κ2) is 9.36. The number of benzene rings is 1. The number of carbonyl (C=O) groups is 3. The fraction of sp³-hybridized carbons (Fsp3) is 0.526. The molecule has 0 spiro atoms. The summed E-state index contributed by atoms with van der Waals surface area (Å²) in [5.41, 5.74) is 12.7. The molecule has 27 heavy (non-hydrogen) atoms. The molecule has 1 heterocycles. The fourth-order valence-electron chi connectivity index (χ4n) is 3.04. The van der Waals surface area contributed by atoms with Crippen molar-refractivity contribution < 1.29 is 14.4 Å². The zero-order valence-corrected chi connectivity index (χ0v) is 15.9. The molecule has 1 aromatic rings. The summed E-state index contributed by atoms with van der Waals surface area (Å²) in [6.07, 6.45) is 1.39. The average Bonchev–Trinajstić information content (AvgIpc) is 2.66. The third-order valence-electron chi connectivity index (χ3n) is 4.86. The minimum Gasteiger partial charge on any atom is -0.370 e. The Morgan fingerprint density at radius 3 is 2.41 bits per heavy atom. The number of nitrogens with two attached hydrogens (primary N) is 2. The lowest BCUT2D eigenvalue weighted by Gasteiger charge is -2.33. The zero-order valence-electron chi connectivity index (χ0n) is 15.9. The van der Waals surface area contributed by atoms with Crippen molar-refractivity contribution in [2.24, 2.45) is 23.3 Å². The molecule has 1 aliphatic heterocycles. The number of anilines is 2. The predicted molar refractivity (Wildman–Crippen MR) is 105 cm³/mol. The van der Waals surface area contributed by atoms with Crippen LogP contribution >= 0.6 is 0 Å². The van der Waals surface area contributed by atoms with Gasteiger partial charge in [-0.15, -0.1) is 0 Å². The Kier molecular flexibility index (Phi) is 7.18. The van der Waals surface area contributed by atoms with Crippen molar-refractivity contribution in [1.82, 2.24) is 5.32 Å². The SMILES string of the molecule is CC(C)[C@H](N)C(=O)NCC(=O)Nc1ccccc1N1CCC(C(N)=O)CC1. The molecule has 2 rings (SSSR count). The van der Waals surface area contributed by atoms with Gasteiger partial charge in [-0.25, -0.2) is 0 Å². The van der Waals surface area contributed by atoms with Crippen LogP contribution < -0.4 is 27.0 Å². The first-order valence-corrected chi connectivity index (χ1v) is 9.26. The molecule has 6 N–H and O–H groups in total. The first-order valence-electron chi connectivity index (χ1n) is 9.26. The van der Waals surface area contributed by atoms with E-state index in [1.165, 1.54) is 0 Å². The van der Waals surface area contributed by atoms with Crippen LogP contribution in [0.5, 0.6) is 0 Å². The summed E-state index contributed by atoms with van der Waals surface area (Å²) in [6.45, 7) is 4.95. The van der Waals surface area contributed by atoms with Crippen LogP contribution in [-0.4, -0.2) is 43.4 Å². The topological polar surface area (TPSA) is 131 Å². The molecule has 0 unspecified atom stereocenters. The van der Waals surface area contributed by atoms with E-state index >= 15 is 0 Å². The number of hydrogen-bond donors (Lipinski definition) is 4. The third-order valence-corrected chi connectivity index (χ3v) is 4.86. The highest BCUT2D eigenvalue weighted by atomic mass is 16.2. The van der Waals surface area contributed by atoms with Gasteiger partial charge < -0.3 is 27.0 Å². The van der Waals surface area contributed by atoms with Crippen molar-refractivity contribution in [3.8, 4) is 0 Å². The molecule has 1 atom stereocenters. The molecule has 148 valence electrons. The van der Waals surface area contributed by atoms with Gasteiger partial charge in [-0.05, 0) is 30.9 Å². The van der Waals surface area contributed by atoms with Gasteiger partial charge in [0, 0.05) is 19.0 Å². The smallest absolute Gasteiger partial charge is 0.243 e. The lowest BCUT2D eigenvalue weighted by atomic mass is 9.96. The summed E-state index contributed by atoms with van der Waals surface area (Å²) < 4.78 is 0. The van der Waals surface area contributed by atoms with Crippen LogP contribution in [0.1, 0.15) is 26.7 Å². The number of primary amides is 1. The minimum atomic E-state index is -0.642. The van der Waals surface area contributed by atoms with Gasteiger partial charge in [-0.3, -0.25) is 14.4 Å². The molecule has 0 aliphatic carbocycles. The maximum absolute atomic E-state index is 12.2. The van der Waals surface area contributed by atoms with E-state index in [1.54, 1.807) is 0 Å². The third kappa shape index (κ3) is 5.68. The largest absolute Gasteiger partial charge is 0.370 e. The number of carbonyl (C=O) groups excluding carboxylic acids is 3. The van der Waals surface area contributed by atoms with Gasteiger partial charge in [0.2, 0.25) is 17.7 Å². The molecule has 8 nitrogen and oxygen atoms in total. The number of para-hydroxylation sites is 2. The monoisotopic (exact) mass is 375 g/mol.